The average molecular weight is 334 g/mol. The largest absolute Gasteiger partial charge is 0.306 e. The molecule has 1 aromatic carbocycles. The Morgan fingerprint density at radius 1 is 1.10 bits per heavy atom. The molecule has 2 aromatic rings. The number of hydrogen-bond acceptors (Lipinski definition) is 3. The van der Waals surface area contributed by atoms with Crippen molar-refractivity contribution in [3.8, 4) is 0 Å². The van der Waals surface area contributed by atoms with Gasteiger partial charge in [-0.3, -0.25) is 9.97 Å². The molecule has 2 rings (SSSR count). The Morgan fingerprint density at radius 2 is 1.75 bits per heavy atom. The Hall–Kier alpha value is -1.26. The van der Waals surface area contributed by atoms with E-state index in [9.17, 15) is 0 Å². The maximum absolute atomic E-state index is 4.42. The summed E-state index contributed by atoms with van der Waals surface area (Å²) >= 11 is 3.46. The van der Waals surface area contributed by atoms with Gasteiger partial charge in [-0.1, -0.05) is 28.1 Å². The summed E-state index contributed by atoms with van der Waals surface area (Å²) in [5.74, 6) is 0. The third-order valence-corrected chi connectivity index (χ3v) is 3.85. The van der Waals surface area contributed by atoms with Crippen LogP contribution in [-0.2, 0) is 6.42 Å². The van der Waals surface area contributed by atoms with E-state index in [0.29, 0.717) is 6.04 Å². The first kappa shape index (κ1) is 15.1. The number of aromatic nitrogens is 2. The third kappa shape index (κ3) is 4.12. The molecule has 0 radical (unpaired) electrons. The van der Waals surface area contributed by atoms with Crippen molar-refractivity contribution in [2.24, 2.45) is 0 Å². The van der Waals surface area contributed by atoms with E-state index < -0.39 is 0 Å². The van der Waals surface area contributed by atoms with Crippen LogP contribution in [-0.4, -0.2) is 16.0 Å². The highest BCUT2D eigenvalue weighted by atomic mass is 79.9. The summed E-state index contributed by atoms with van der Waals surface area (Å²) in [7, 11) is 0. The van der Waals surface area contributed by atoms with Crippen LogP contribution in [0.1, 0.15) is 36.8 Å². The van der Waals surface area contributed by atoms with E-state index in [1.807, 2.05) is 6.92 Å². The molecule has 0 amide bonds. The molecule has 0 aliphatic carbocycles. The Bertz CT molecular complexity index is 554. The second-order valence-electron chi connectivity index (χ2n) is 5.15. The van der Waals surface area contributed by atoms with E-state index in [1.54, 1.807) is 12.4 Å². The maximum atomic E-state index is 4.42. The second kappa shape index (κ2) is 6.95. The Morgan fingerprint density at radius 3 is 2.40 bits per heavy atom. The number of aryl methyl sites for hydroxylation is 1. The first-order valence-electron chi connectivity index (χ1n) is 6.84. The van der Waals surface area contributed by atoms with Crippen LogP contribution in [0.2, 0.25) is 0 Å². The minimum Gasteiger partial charge on any atom is -0.306 e. The Balaban J connectivity index is 1.96. The molecule has 0 saturated heterocycles. The Labute approximate surface area is 129 Å². The van der Waals surface area contributed by atoms with Crippen LogP contribution < -0.4 is 5.32 Å². The number of halogens is 1. The number of benzene rings is 1. The van der Waals surface area contributed by atoms with Crippen LogP contribution in [0.4, 0.5) is 0 Å². The van der Waals surface area contributed by atoms with Crippen molar-refractivity contribution in [1.29, 1.82) is 0 Å². The highest BCUT2D eigenvalue weighted by Gasteiger charge is 2.13. The number of hydrogen-bond donors (Lipinski definition) is 1. The molecule has 1 heterocycles. The summed E-state index contributed by atoms with van der Waals surface area (Å²) in [4.78, 5) is 8.71. The number of nitrogens with zero attached hydrogens (tertiary/aromatic N) is 2. The summed E-state index contributed by atoms with van der Waals surface area (Å²) in [5, 5.41) is 3.59. The van der Waals surface area contributed by atoms with E-state index in [0.717, 1.165) is 22.3 Å². The van der Waals surface area contributed by atoms with Crippen LogP contribution in [0, 0.1) is 6.92 Å². The molecule has 1 N–H and O–H groups in total. The van der Waals surface area contributed by atoms with E-state index in [1.165, 1.54) is 5.56 Å². The van der Waals surface area contributed by atoms with Gasteiger partial charge in [0.05, 0.1) is 11.4 Å². The molecule has 0 spiro atoms. The molecular formula is C16H20BrN3. The van der Waals surface area contributed by atoms with Crippen molar-refractivity contribution in [3.63, 3.8) is 0 Å². The van der Waals surface area contributed by atoms with E-state index in [-0.39, 0.29) is 6.04 Å². The van der Waals surface area contributed by atoms with Crippen LogP contribution in [0.15, 0.2) is 41.1 Å². The van der Waals surface area contributed by atoms with Gasteiger partial charge in [0.1, 0.15) is 0 Å². The molecule has 1 aromatic heterocycles. The van der Waals surface area contributed by atoms with Gasteiger partial charge < -0.3 is 5.32 Å². The highest BCUT2D eigenvalue weighted by molar-refractivity contribution is 9.10. The zero-order valence-electron chi connectivity index (χ0n) is 12.1. The van der Waals surface area contributed by atoms with Crippen molar-refractivity contribution >= 4 is 15.9 Å². The lowest BCUT2D eigenvalue weighted by Crippen LogP contribution is -2.31. The first-order valence-corrected chi connectivity index (χ1v) is 7.63. The molecule has 2 atom stereocenters. The molecule has 3 nitrogen and oxygen atoms in total. The van der Waals surface area contributed by atoms with Crippen LogP contribution in [0.25, 0.3) is 0 Å². The number of nitrogens with one attached hydrogen (secondary N) is 1. The number of rotatable bonds is 5. The van der Waals surface area contributed by atoms with Gasteiger partial charge in [0.15, 0.2) is 0 Å². The van der Waals surface area contributed by atoms with Gasteiger partial charge >= 0.3 is 0 Å². The fourth-order valence-electron chi connectivity index (χ4n) is 2.38. The smallest absolute Gasteiger partial charge is 0.0782 e. The van der Waals surface area contributed by atoms with Crippen LogP contribution in [0.3, 0.4) is 0 Å². The molecule has 0 aliphatic heterocycles. The van der Waals surface area contributed by atoms with Crippen molar-refractivity contribution in [1.82, 2.24) is 15.3 Å². The average Bonchev–Trinajstić information content (AvgIpc) is 2.41. The van der Waals surface area contributed by atoms with Crippen molar-refractivity contribution in [2.75, 3.05) is 0 Å². The van der Waals surface area contributed by atoms with Gasteiger partial charge in [0, 0.05) is 29.0 Å². The van der Waals surface area contributed by atoms with Gasteiger partial charge in [-0.25, -0.2) is 0 Å². The quantitative estimate of drug-likeness (QED) is 0.903. The highest BCUT2D eigenvalue weighted by Crippen LogP contribution is 2.15. The third-order valence-electron chi connectivity index (χ3n) is 3.32. The fourth-order valence-corrected chi connectivity index (χ4v) is 2.65. The summed E-state index contributed by atoms with van der Waals surface area (Å²) in [6.45, 7) is 6.33. The monoisotopic (exact) mass is 333 g/mol. The summed E-state index contributed by atoms with van der Waals surface area (Å²) < 4.78 is 1.12. The van der Waals surface area contributed by atoms with Crippen LogP contribution in [0.5, 0.6) is 0 Å². The van der Waals surface area contributed by atoms with Gasteiger partial charge in [-0.2, -0.15) is 0 Å². The maximum Gasteiger partial charge on any atom is 0.0782 e. The normalized spacial score (nSPS) is 14.0. The molecule has 0 saturated carbocycles. The fraction of sp³-hybridized carbons (Fsp3) is 0.375. The lowest BCUT2D eigenvalue weighted by molar-refractivity contribution is 0.467. The molecule has 0 bridgehead atoms. The van der Waals surface area contributed by atoms with Gasteiger partial charge in [0.25, 0.3) is 0 Å². The van der Waals surface area contributed by atoms with Crippen molar-refractivity contribution in [2.45, 2.75) is 39.3 Å². The Kier molecular flexibility index (Phi) is 5.26. The zero-order chi connectivity index (χ0) is 14.5. The van der Waals surface area contributed by atoms with E-state index in [2.05, 4.69) is 69.3 Å². The SMILES string of the molecule is Cc1nccnc1C(C)NC(C)Cc1ccc(Br)cc1. The molecule has 0 aliphatic rings. The molecule has 2 unspecified atom stereocenters. The topological polar surface area (TPSA) is 37.8 Å². The molecular weight excluding hydrogens is 314 g/mol. The first-order chi connectivity index (χ1) is 9.56. The summed E-state index contributed by atoms with van der Waals surface area (Å²) in [5.41, 5.74) is 3.34. The van der Waals surface area contributed by atoms with Gasteiger partial charge in [-0.15, -0.1) is 0 Å². The second-order valence-corrected chi connectivity index (χ2v) is 6.06. The van der Waals surface area contributed by atoms with Crippen molar-refractivity contribution in [3.05, 3.63) is 58.1 Å². The van der Waals surface area contributed by atoms with Gasteiger partial charge in [0.2, 0.25) is 0 Å². The molecule has 20 heavy (non-hydrogen) atoms. The predicted octanol–water partition coefficient (Wildman–Crippen LogP) is 3.83. The minimum absolute atomic E-state index is 0.203. The lowest BCUT2D eigenvalue weighted by atomic mass is 10.1. The van der Waals surface area contributed by atoms with E-state index in [4.69, 9.17) is 0 Å². The minimum atomic E-state index is 0.203. The summed E-state index contributed by atoms with van der Waals surface area (Å²) in [6.07, 6.45) is 4.48. The van der Waals surface area contributed by atoms with Crippen LogP contribution >= 0.6 is 15.9 Å². The van der Waals surface area contributed by atoms with E-state index >= 15 is 0 Å². The van der Waals surface area contributed by atoms with Crippen molar-refractivity contribution < 1.29 is 0 Å². The molecule has 0 fully saturated rings. The molecule has 106 valence electrons. The predicted molar refractivity (Wildman–Crippen MR) is 85.6 cm³/mol. The van der Waals surface area contributed by atoms with Gasteiger partial charge in [-0.05, 0) is 44.9 Å². The molecule has 4 heteroatoms. The summed E-state index contributed by atoms with van der Waals surface area (Å²) in [6, 6.07) is 9.05. The standard InChI is InChI=1S/C16H20BrN3/c1-11(10-14-4-6-15(17)7-5-14)20-13(3)16-12(2)18-8-9-19-16/h4-9,11,13,20H,10H2,1-3H3. The zero-order valence-corrected chi connectivity index (χ0v) is 13.7. The lowest BCUT2D eigenvalue weighted by Gasteiger charge is -2.20.